The van der Waals surface area contributed by atoms with Gasteiger partial charge in [-0.1, -0.05) is 12.8 Å². The first-order valence-electron chi connectivity index (χ1n) is 10.4. The third-order valence-corrected chi connectivity index (χ3v) is 7.93. The molecule has 1 saturated carbocycles. The van der Waals surface area contributed by atoms with E-state index < -0.39 is 0 Å². The van der Waals surface area contributed by atoms with Crippen LogP contribution in [0.2, 0.25) is 0 Å². The van der Waals surface area contributed by atoms with E-state index in [0.29, 0.717) is 6.42 Å². The number of likely N-dealkylation sites (tertiary alicyclic amines) is 1. The van der Waals surface area contributed by atoms with Gasteiger partial charge in [0.2, 0.25) is 5.91 Å². The van der Waals surface area contributed by atoms with Crippen molar-refractivity contribution < 1.29 is 9.69 Å². The van der Waals surface area contributed by atoms with E-state index in [4.69, 9.17) is 0 Å². The molecule has 1 unspecified atom stereocenters. The normalized spacial score (nSPS) is 27.9. The number of piperidine rings is 1. The van der Waals surface area contributed by atoms with Gasteiger partial charge in [-0.25, -0.2) is 0 Å². The lowest BCUT2D eigenvalue weighted by molar-refractivity contribution is -0.910. The third-order valence-electron chi connectivity index (χ3n) is 6.73. The number of amides is 1. The Morgan fingerprint density at radius 1 is 1.15 bits per heavy atom. The van der Waals surface area contributed by atoms with Crippen LogP contribution >= 0.6 is 11.3 Å². The molecule has 2 heterocycles. The quantitative estimate of drug-likeness (QED) is 0.854. The molecule has 2 N–H and O–H groups in total. The maximum atomic E-state index is 12.5. The zero-order valence-electron chi connectivity index (χ0n) is 15.6. The lowest BCUT2D eigenvalue weighted by atomic mass is 9.75. The summed E-state index contributed by atoms with van der Waals surface area (Å²) in [5, 5.41) is 13.4. The monoisotopic (exact) mass is 372 g/mol. The van der Waals surface area contributed by atoms with Gasteiger partial charge in [-0.15, -0.1) is 11.3 Å². The van der Waals surface area contributed by atoms with E-state index in [1.165, 1.54) is 62.1 Å². The number of nitrogens with one attached hydrogen (secondary N) is 2. The van der Waals surface area contributed by atoms with Gasteiger partial charge in [0, 0.05) is 10.8 Å². The van der Waals surface area contributed by atoms with Crippen LogP contribution in [0.3, 0.4) is 0 Å². The van der Waals surface area contributed by atoms with E-state index in [0.717, 1.165) is 48.2 Å². The molecule has 2 aliphatic carbocycles. The van der Waals surface area contributed by atoms with Gasteiger partial charge < -0.3 is 10.2 Å². The lowest BCUT2D eigenvalue weighted by Gasteiger charge is -2.38. The molecule has 1 aromatic heterocycles. The fourth-order valence-electron chi connectivity index (χ4n) is 5.27. The number of fused-ring (bicyclic) bond motifs is 2. The fourth-order valence-corrected chi connectivity index (χ4v) is 6.53. The lowest BCUT2D eigenvalue weighted by Crippen LogP contribution is -3.14. The first kappa shape index (κ1) is 18.0. The molecule has 0 spiro atoms. The second-order valence-corrected chi connectivity index (χ2v) is 9.48. The SMILES string of the molecule is N#Cc1c(NC(=O)CC[NH+]2CC[C@H]3CCCC[C@@H]3C2)sc2c1CCCC2. The Balaban J connectivity index is 1.31. The molecule has 4 rings (SSSR count). The largest absolute Gasteiger partial charge is 0.334 e. The maximum Gasteiger partial charge on any atom is 0.230 e. The van der Waals surface area contributed by atoms with Crippen molar-refractivity contribution in [2.45, 2.75) is 64.2 Å². The second kappa shape index (κ2) is 8.10. The first-order valence-corrected chi connectivity index (χ1v) is 11.2. The minimum absolute atomic E-state index is 0.0818. The number of anilines is 1. The number of carbonyl (C=O) groups excluding carboxylic acids is 1. The summed E-state index contributed by atoms with van der Waals surface area (Å²) < 4.78 is 0. The van der Waals surface area contributed by atoms with Crippen LogP contribution < -0.4 is 10.2 Å². The average molecular weight is 373 g/mol. The predicted octanol–water partition coefficient (Wildman–Crippen LogP) is 2.92. The van der Waals surface area contributed by atoms with E-state index in [1.54, 1.807) is 16.2 Å². The smallest absolute Gasteiger partial charge is 0.230 e. The van der Waals surface area contributed by atoms with Gasteiger partial charge in [-0.3, -0.25) is 4.79 Å². The van der Waals surface area contributed by atoms with Gasteiger partial charge in [-0.2, -0.15) is 5.26 Å². The van der Waals surface area contributed by atoms with Crippen molar-refractivity contribution in [2.24, 2.45) is 11.8 Å². The number of quaternary nitrogens is 1. The van der Waals surface area contributed by atoms with Crippen molar-refractivity contribution in [2.75, 3.05) is 25.0 Å². The highest BCUT2D eigenvalue weighted by Crippen LogP contribution is 2.37. The minimum atomic E-state index is 0.0818. The Morgan fingerprint density at radius 3 is 2.81 bits per heavy atom. The van der Waals surface area contributed by atoms with Crippen LogP contribution in [0.4, 0.5) is 5.00 Å². The van der Waals surface area contributed by atoms with Crippen LogP contribution in [0.15, 0.2) is 0 Å². The minimum Gasteiger partial charge on any atom is -0.334 e. The van der Waals surface area contributed by atoms with Gasteiger partial charge in [0.1, 0.15) is 11.1 Å². The zero-order valence-corrected chi connectivity index (χ0v) is 16.4. The number of rotatable bonds is 4. The van der Waals surface area contributed by atoms with Gasteiger partial charge in [0.15, 0.2) is 0 Å². The molecule has 1 saturated heterocycles. The summed E-state index contributed by atoms with van der Waals surface area (Å²) in [7, 11) is 0. The maximum absolute atomic E-state index is 12.5. The molecule has 3 aliphatic rings. The number of hydrogen-bond donors (Lipinski definition) is 2. The van der Waals surface area contributed by atoms with Crippen molar-refractivity contribution >= 4 is 22.2 Å². The zero-order chi connectivity index (χ0) is 17.9. The third kappa shape index (κ3) is 3.82. The highest BCUT2D eigenvalue weighted by molar-refractivity contribution is 7.16. The van der Waals surface area contributed by atoms with Crippen LogP contribution in [-0.4, -0.2) is 25.5 Å². The van der Waals surface area contributed by atoms with Crippen LogP contribution in [0.25, 0.3) is 0 Å². The molecular weight excluding hydrogens is 342 g/mol. The Morgan fingerprint density at radius 2 is 1.96 bits per heavy atom. The molecule has 26 heavy (non-hydrogen) atoms. The van der Waals surface area contributed by atoms with Gasteiger partial charge in [-0.05, 0) is 56.4 Å². The molecular formula is C21H30N3OS+. The highest BCUT2D eigenvalue weighted by atomic mass is 32.1. The Labute approximate surface area is 160 Å². The summed E-state index contributed by atoms with van der Waals surface area (Å²) >= 11 is 1.63. The Bertz CT molecular complexity index is 705. The predicted molar refractivity (Wildman–Crippen MR) is 105 cm³/mol. The molecule has 140 valence electrons. The molecule has 5 heteroatoms. The second-order valence-electron chi connectivity index (χ2n) is 8.37. The molecule has 3 atom stereocenters. The first-order chi connectivity index (χ1) is 12.7. The molecule has 1 aliphatic heterocycles. The van der Waals surface area contributed by atoms with Crippen molar-refractivity contribution in [3.05, 3.63) is 16.0 Å². The summed E-state index contributed by atoms with van der Waals surface area (Å²) in [6.07, 6.45) is 12.0. The summed E-state index contributed by atoms with van der Waals surface area (Å²) in [6.45, 7) is 3.42. The standard InChI is InChI=1S/C21H29N3OS/c22-13-18-17-7-3-4-8-19(17)26-21(18)23-20(25)10-12-24-11-9-15-5-1-2-6-16(15)14-24/h15-16H,1-12,14H2,(H,23,25)/p+1/t15-,16-/m1/s1. The number of carbonyl (C=O) groups is 1. The Kier molecular flexibility index (Phi) is 5.61. The van der Waals surface area contributed by atoms with Gasteiger partial charge in [0.25, 0.3) is 0 Å². The topological polar surface area (TPSA) is 57.3 Å². The van der Waals surface area contributed by atoms with Gasteiger partial charge >= 0.3 is 0 Å². The van der Waals surface area contributed by atoms with Crippen molar-refractivity contribution in [1.29, 1.82) is 5.26 Å². The van der Waals surface area contributed by atoms with Crippen molar-refractivity contribution in [3.8, 4) is 6.07 Å². The molecule has 1 amide bonds. The number of aryl methyl sites for hydroxylation is 1. The van der Waals surface area contributed by atoms with Crippen LogP contribution in [0, 0.1) is 23.2 Å². The van der Waals surface area contributed by atoms with E-state index in [-0.39, 0.29) is 5.91 Å². The van der Waals surface area contributed by atoms with Crippen molar-refractivity contribution in [3.63, 3.8) is 0 Å². The van der Waals surface area contributed by atoms with E-state index >= 15 is 0 Å². The van der Waals surface area contributed by atoms with E-state index in [1.807, 2.05) is 0 Å². The number of nitrogens with zero attached hydrogens (tertiary/aromatic N) is 1. The molecule has 1 aromatic rings. The summed E-state index contributed by atoms with van der Waals surface area (Å²) in [5.74, 6) is 1.93. The summed E-state index contributed by atoms with van der Waals surface area (Å²) in [6, 6.07) is 2.34. The van der Waals surface area contributed by atoms with Crippen molar-refractivity contribution in [1.82, 2.24) is 0 Å². The Hall–Kier alpha value is -1.38. The van der Waals surface area contributed by atoms with Crippen LogP contribution in [0.1, 0.15) is 67.4 Å². The van der Waals surface area contributed by atoms with Crippen LogP contribution in [0.5, 0.6) is 0 Å². The van der Waals surface area contributed by atoms with E-state index in [9.17, 15) is 10.1 Å². The molecule has 0 radical (unpaired) electrons. The van der Waals surface area contributed by atoms with Gasteiger partial charge in [0.05, 0.1) is 31.6 Å². The highest BCUT2D eigenvalue weighted by Gasteiger charge is 2.33. The number of nitriles is 1. The molecule has 0 bridgehead atoms. The fraction of sp³-hybridized carbons (Fsp3) is 0.714. The summed E-state index contributed by atoms with van der Waals surface area (Å²) in [4.78, 5) is 15.4. The molecule has 2 fully saturated rings. The molecule has 4 nitrogen and oxygen atoms in total. The van der Waals surface area contributed by atoms with Crippen LogP contribution in [-0.2, 0) is 17.6 Å². The molecule has 0 aromatic carbocycles. The number of hydrogen-bond acceptors (Lipinski definition) is 3. The average Bonchev–Trinajstić information content (AvgIpc) is 3.03. The number of thiophene rings is 1. The summed E-state index contributed by atoms with van der Waals surface area (Å²) in [5.41, 5.74) is 1.93. The van der Waals surface area contributed by atoms with E-state index in [2.05, 4.69) is 11.4 Å².